The average Bonchev–Trinajstić information content (AvgIpc) is 1.86. The summed E-state index contributed by atoms with van der Waals surface area (Å²) in [6.45, 7) is 3.61. The van der Waals surface area contributed by atoms with Gasteiger partial charge in [-0.2, -0.15) is 0 Å². The molecule has 1 nitrogen and oxygen atoms in total. The van der Waals surface area contributed by atoms with Crippen molar-refractivity contribution in [1.29, 1.82) is 0 Å². The predicted octanol–water partition coefficient (Wildman–Crippen LogP) is 3.18. The zero-order valence-corrected chi connectivity index (χ0v) is 11.4. The quantitative estimate of drug-likeness (QED) is 0.434. The molecule has 0 radical (unpaired) electrons. The molecule has 0 spiro atoms. The third kappa shape index (κ3) is 5.74. The largest absolute Gasteiger partial charge is 0.432 e. The highest BCUT2D eigenvalue weighted by Gasteiger charge is 2.36. The van der Waals surface area contributed by atoms with Gasteiger partial charge in [-0.15, -0.1) is 45.4 Å². The predicted molar refractivity (Wildman–Crippen MR) is 57.5 cm³/mol. The molecule has 7 heteroatoms. The normalized spacial score (nSPS) is 22.4. The Kier molecular flexibility index (Phi) is 5.36. The van der Waals surface area contributed by atoms with E-state index in [1.54, 1.807) is 0 Å². The van der Waals surface area contributed by atoms with Crippen molar-refractivity contribution in [3.05, 3.63) is 0 Å². The first-order chi connectivity index (χ1) is 4.83. The van der Waals surface area contributed by atoms with Crippen molar-refractivity contribution in [2.24, 2.45) is 0 Å². The molecule has 0 N–H and O–H groups in total. The lowest BCUT2D eigenvalue weighted by molar-refractivity contribution is 0.586. The molecule has 0 aliphatic rings. The van der Waals surface area contributed by atoms with Crippen LogP contribution in [0.2, 0.25) is 13.1 Å². The first-order valence-electron chi connectivity index (χ1n) is 3.03. The lowest BCUT2D eigenvalue weighted by atomic mass is 11.9. The maximum atomic E-state index is 5.96. The van der Waals surface area contributed by atoms with Crippen molar-refractivity contribution in [3.8, 4) is 0 Å². The van der Waals surface area contributed by atoms with E-state index in [4.69, 9.17) is 49.5 Å². The summed E-state index contributed by atoms with van der Waals surface area (Å²) in [6, 6.07) is 0. The minimum Gasteiger partial charge on any atom is -0.432 e. The summed E-state index contributed by atoms with van der Waals surface area (Å²) >= 11 is 23.1. The second kappa shape index (κ2) is 4.70. The second-order valence-electron chi connectivity index (χ2n) is 2.57. The molecule has 0 aromatic rings. The molecule has 0 aromatic carbocycles. The molecular weight excluding hydrogens is 262 g/mol. The first kappa shape index (κ1) is 12.6. The minimum atomic E-state index is -2.25. The molecule has 0 aliphatic carbocycles. The van der Waals surface area contributed by atoms with Gasteiger partial charge in [-0.05, 0) is 13.1 Å². The van der Waals surface area contributed by atoms with E-state index in [1.165, 1.54) is 0 Å². The molecule has 2 atom stereocenters. The Morgan fingerprint density at radius 2 is 1.27 bits per heavy atom. The Bertz CT molecular complexity index is 115. The van der Waals surface area contributed by atoms with Crippen LogP contribution in [0.15, 0.2) is 0 Å². The molecule has 2 unspecified atom stereocenters. The van der Waals surface area contributed by atoms with E-state index in [0.29, 0.717) is 11.0 Å². The maximum Gasteiger partial charge on any atom is 0.292 e. The molecule has 0 aromatic heterocycles. The van der Waals surface area contributed by atoms with Gasteiger partial charge in [-0.25, -0.2) is 0 Å². The zero-order chi connectivity index (χ0) is 9.12. The van der Waals surface area contributed by atoms with Crippen LogP contribution in [-0.2, 0) is 4.12 Å². The van der Waals surface area contributed by atoms with Gasteiger partial charge in [-0.1, -0.05) is 0 Å². The number of hydrogen-bond donors (Lipinski definition) is 0. The van der Waals surface area contributed by atoms with Gasteiger partial charge in [0.05, 0.1) is 11.0 Å². The van der Waals surface area contributed by atoms with Gasteiger partial charge < -0.3 is 4.12 Å². The van der Waals surface area contributed by atoms with Gasteiger partial charge in [0.2, 0.25) is 0 Å². The third-order valence-electron chi connectivity index (χ3n) is 0.903. The van der Waals surface area contributed by atoms with Gasteiger partial charge in [0, 0.05) is 0 Å². The van der Waals surface area contributed by atoms with Gasteiger partial charge in [0.15, 0.2) is 0 Å². The van der Waals surface area contributed by atoms with Crippen LogP contribution in [0.1, 0.15) is 0 Å². The van der Waals surface area contributed by atoms with Crippen molar-refractivity contribution >= 4 is 60.6 Å². The average molecular weight is 272 g/mol. The van der Waals surface area contributed by atoms with Crippen LogP contribution in [0.25, 0.3) is 0 Å². The zero-order valence-electron chi connectivity index (χ0n) is 6.33. The molecular formula is C4H10Cl4OSi2. The minimum absolute atomic E-state index is 0.334. The standard InChI is InChI=1S/C4H10Cl4OSi2/c1-10(7,3-5)9-11(2,8)4-6/h3-4H2,1-2H3. The highest BCUT2D eigenvalue weighted by Crippen LogP contribution is 2.22. The van der Waals surface area contributed by atoms with E-state index >= 15 is 0 Å². The number of halogens is 4. The summed E-state index contributed by atoms with van der Waals surface area (Å²) in [7, 11) is -4.50. The van der Waals surface area contributed by atoms with E-state index in [2.05, 4.69) is 0 Å². The van der Waals surface area contributed by atoms with E-state index in [1.807, 2.05) is 13.1 Å². The number of rotatable bonds is 4. The molecule has 0 bridgehead atoms. The topological polar surface area (TPSA) is 9.23 Å². The lowest BCUT2D eigenvalue weighted by Gasteiger charge is -2.26. The van der Waals surface area contributed by atoms with Gasteiger partial charge in [-0.3, -0.25) is 0 Å². The van der Waals surface area contributed by atoms with Gasteiger partial charge >= 0.3 is 0 Å². The Balaban J connectivity index is 4.02. The van der Waals surface area contributed by atoms with Crippen molar-refractivity contribution in [1.82, 2.24) is 0 Å². The van der Waals surface area contributed by atoms with Gasteiger partial charge in [0.25, 0.3) is 15.3 Å². The summed E-state index contributed by atoms with van der Waals surface area (Å²) in [6.07, 6.45) is 0. The van der Waals surface area contributed by atoms with E-state index in [0.717, 1.165) is 0 Å². The summed E-state index contributed by atoms with van der Waals surface area (Å²) in [5, 5.41) is 0. The highest BCUT2D eigenvalue weighted by molar-refractivity contribution is 7.27. The van der Waals surface area contributed by atoms with Crippen LogP contribution in [0.4, 0.5) is 0 Å². The van der Waals surface area contributed by atoms with Crippen molar-refractivity contribution in [2.75, 3.05) is 11.0 Å². The molecule has 0 saturated heterocycles. The van der Waals surface area contributed by atoms with Gasteiger partial charge in [0.1, 0.15) is 0 Å². The Hall–Kier alpha value is 1.55. The van der Waals surface area contributed by atoms with E-state index in [-0.39, 0.29) is 0 Å². The fourth-order valence-electron chi connectivity index (χ4n) is 0.498. The molecule has 0 saturated carbocycles. The van der Waals surface area contributed by atoms with E-state index in [9.17, 15) is 0 Å². The van der Waals surface area contributed by atoms with Crippen LogP contribution < -0.4 is 0 Å². The van der Waals surface area contributed by atoms with E-state index < -0.39 is 15.3 Å². The lowest BCUT2D eigenvalue weighted by Crippen LogP contribution is -2.44. The molecule has 0 aliphatic heterocycles. The molecule has 0 fully saturated rings. The summed E-state index contributed by atoms with van der Waals surface area (Å²) in [5.74, 6) is 0. The smallest absolute Gasteiger partial charge is 0.292 e. The molecule has 11 heavy (non-hydrogen) atoms. The highest BCUT2D eigenvalue weighted by atomic mass is 35.6. The summed E-state index contributed by atoms with van der Waals surface area (Å²) in [5.41, 5.74) is 0.668. The van der Waals surface area contributed by atoms with Crippen molar-refractivity contribution < 1.29 is 4.12 Å². The third-order valence-corrected chi connectivity index (χ3v) is 11.3. The maximum absolute atomic E-state index is 5.96. The summed E-state index contributed by atoms with van der Waals surface area (Å²) < 4.78 is 5.47. The van der Waals surface area contributed by atoms with Crippen LogP contribution in [0.3, 0.4) is 0 Å². The first-order valence-corrected chi connectivity index (χ1v) is 11.4. The second-order valence-corrected chi connectivity index (χ2v) is 14.7. The van der Waals surface area contributed by atoms with Crippen molar-refractivity contribution in [3.63, 3.8) is 0 Å². The van der Waals surface area contributed by atoms with Crippen LogP contribution >= 0.6 is 45.4 Å². The molecule has 0 rings (SSSR count). The molecule has 0 heterocycles. The Morgan fingerprint density at radius 3 is 1.45 bits per heavy atom. The molecule has 68 valence electrons. The number of alkyl halides is 2. The Morgan fingerprint density at radius 1 is 1.00 bits per heavy atom. The van der Waals surface area contributed by atoms with Crippen LogP contribution in [0, 0.1) is 0 Å². The molecule has 0 amide bonds. The monoisotopic (exact) mass is 270 g/mol. The number of hydrogen-bond acceptors (Lipinski definition) is 1. The fraction of sp³-hybridized carbons (Fsp3) is 1.00. The fourth-order valence-corrected chi connectivity index (χ4v) is 8.89. The SMILES string of the molecule is C[Si](Cl)(CCl)O[Si](C)(Cl)CCl. The summed E-state index contributed by atoms with van der Waals surface area (Å²) in [4.78, 5) is 0. The van der Waals surface area contributed by atoms with Crippen molar-refractivity contribution in [2.45, 2.75) is 13.1 Å². The Labute approximate surface area is 88.6 Å². The van der Waals surface area contributed by atoms with Crippen LogP contribution in [0.5, 0.6) is 0 Å². The van der Waals surface area contributed by atoms with Crippen LogP contribution in [-0.4, -0.2) is 26.3 Å².